The highest BCUT2D eigenvalue weighted by atomic mass is 35.5. The number of ether oxygens (including phenoxy) is 2. The first-order valence-corrected chi connectivity index (χ1v) is 14.5. The summed E-state index contributed by atoms with van der Waals surface area (Å²) in [5, 5.41) is 48.6. The smallest absolute Gasteiger partial charge is 0.198 e. The van der Waals surface area contributed by atoms with E-state index >= 15 is 0 Å². The predicted octanol–water partition coefficient (Wildman–Crippen LogP) is 3.28. The first-order chi connectivity index (χ1) is 20.9. The molecule has 46 heavy (non-hydrogen) atoms. The molecule has 1 aliphatic heterocycles. The zero-order valence-electron chi connectivity index (χ0n) is 25.1. The third-order valence-electron chi connectivity index (χ3n) is 9.00. The predicted molar refractivity (Wildman–Crippen MR) is 172 cm³/mol. The normalized spacial score (nSPS) is 26.6. The van der Waals surface area contributed by atoms with Crippen molar-refractivity contribution in [3.8, 4) is 11.5 Å². The molecule has 6 atom stereocenters. The largest absolute Gasteiger partial charge is 0.507 e. The summed E-state index contributed by atoms with van der Waals surface area (Å²) in [5.41, 5.74) is 4.72. The number of hydrogen-bond acceptors (Lipinski definition) is 11. The summed E-state index contributed by atoms with van der Waals surface area (Å²) in [6, 6.07) is 12.9. The molecule has 246 valence electrons. The highest BCUT2D eigenvalue weighted by molar-refractivity contribution is 6.30. The van der Waals surface area contributed by atoms with Crippen LogP contribution < -0.4 is 11.1 Å². The van der Waals surface area contributed by atoms with Crippen LogP contribution in [-0.4, -0.2) is 67.9 Å². The number of ketones is 3. The number of Topliss-reactive ketones (excluding diaryl/α,β-unsaturated/α-hetero) is 1. The molecule has 1 heterocycles. The maximum Gasteiger partial charge on any atom is 0.198 e. The number of phenolic OH excluding ortho intramolecular Hbond substituents is 2. The summed E-state index contributed by atoms with van der Waals surface area (Å²) in [6.07, 6.45) is -4.29. The molecule has 13 heteroatoms. The number of aliphatic hydroxyl groups is 2. The first-order valence-electron chi connectivity index (χ1n) is 14.5. The molecule has 0 amide bonds. The van der Waals surface area contributed by atoms with E-state index in [1.165, 1.54) is 19.1 Å². The molecule has 6 rings (SSSR count). The highest BCUT2D eigenvalue weighted by Crippen LogP contribution is 2.52. The SMILES string of the molecule is CC(=O)[C@]1(O)Cc2c(O)c3c(c(O)c2[C@@H](O[C@H]2C[C@H](NCc4ccc(N)cc4)[C@H](O)[C@H](C)O2)C1)C(=O)c1ccccc1C3=O.Cl.Cl. The fraction of sp³-hybridized carbons (Fsp3) is 0.364. The van der Waals surface area contributed by atoms with Gasteiger partial charge in [-0.25, -0.2) is 0 Å². The number of nitrogens with one attached hydrogen (secondary N) is 1. The number of rotatable bonds is 6. The molecule has 0 unspecified atom stereocenters. The number of carbonyl (C=O) groups excluding carboxylic acids is 3. The molecular weight excluding hydrogens is 639 g/mol. The van der Waals surface area contributed by atoms with Crippen molar-refractivity contribution in [3.63, 3.8) is 0 Å². The van der Waals surface area contributed by atoms with Gasteiger partial charge in [0.2, 0.25) is 0 Å². The van der Waals surface area contributed by atoms with Crippen molar-refractivity contribution >= 4 is 47.9 Å². The van der Waals surface area contributed by atoms with Crippen molar-refractivity contribution in [1.82, 2.24) is 5.32 Å². The molecule has 3 aliphatic rings. The van der Waals surface area contributed by atoms with Gasteiger partial charge in [-0.3, -0.25) is 14.4 Å². The Labute approximate surface area is 277 Å². The minimum atomic E-state index is -2.00. The van der Waals surface area contributed by atoms with Crippen LogP contribution >= 0.6 is 24.8 Å². The van der Waals surface area contributed by atoms with Gasteiger partial charge in [0.1, 0.15) is 17.1 Å². The fourth-order valence-corrected chi connectivity index (χ4v) is 6.48. The van der Waals surface area contributed by atoms with E-state index < -0.39 is 71.5 Å². The van der Waals surface area contributed by atoms with Crippen LogP contribution in [0.4, 0.5) is 5.69 Å². The second-order valence-electron chi connectivity index (χ2n) is 11.9. The van der Waals surface area contributed by atoms with E-state index in [0.717, 1.165) is 5.56 Å². The van der Waals surface area contributed by atoms with E-state index in [1.807, 2.05) is 12.1 Å². The van der Waals surface area contributed by atoms with Crippen LogP contribution in [0.5, 0.6) is 11.5 Å². The van der Waals surface area contributed by atoms with Crippen LogP contribution in [0.1, 0.15) is 81.3 Å². The minimum absolute atomic E-state index is 0. The maximum atomic E-state index is 13.5. The molecule has 0 bridgehead atoms. The number of phenols is 2. The van der Waals surface area contributed by atoms with Gasteiger partial charge < -0.3 is 41.0 Å². The molecule has 7 N–H and O–H groups in total. The standard InChI is InChI=1S/C33H34N2O9.2ClH/c1-15-28(37)22(35-14-17-7-9-18(34)10-8-17)11-24(43-15)44-23-13-33(42,16(2)36)12-21-25(23)32(41)27-26(31(21)40)29(38)19-5-3-4-6-20(19)30(27)39;;/h3-10,15,22-24,28,35,37,40-42H,11-14,34H2,1-2H3;2*1H/t15-,22-,23-,24-,28+,33-;;/m0../s1. The Morgan fingerprint density at radius 2 is 1.61 bits per heavy atom. The van der Waals surface area contributed by atoms with Gasteiger partial charge in [-0.05, 0) is 31.5 Å². The number of aliphatic hydroxyl groups excluding tert-OH is 1. The third-order valence-corrected chi connectivity index (χ3v) is 9.00. The summed E-state index contributed by atoms with van der Waals surface area (Å²) < 4.78 is 12.3. The Bertz CT molecular complexity index is 1680. The molecule has 1 saturated heterocycles. The molecule has 1 fully saturated rings. The van der Waals surface area contributed by atoms with Crippen LogP contribution in [0, 0.1) is 0 Å². The van der Waals surface area contributed by atoms with E-state index in [9.17, 15) is 34.8 Å². The van der Waals surface area contributed by atoms with Crippen molar-refractivity contribution in [2.45, 2.75) is 75.9 Å². The van der Waals surface area contributed by atoms with E-state index in [2.05, 4.69) is 5.32 Å². The number of halogens is 2. The Hall–Kier alpha value is -3.55. The molecule has 2 aliphatic carbocycles. The number of nitrogens with two attached hydrogens (primary N) is 1. The quantitative estimate of drug-likeness (QED) is 0.130. The molecule has 0 spiro atoms. The highest BCUT2D eigenvalue weighted by Gasteiger charge is 2.49. The zero-order valence-corrected chi connectivity index (χ0v) is 26.7. The lowest BCUT2D eigenvalue weighted by atomic mass is 9.72. The second-order valence-corrected chi connectivity index (χ2v) is 11.9. The summed E-state index contributed by atoms with van der Waals surface area (Å²) >= 11 is 0. The van der Waals surface area contributed by atoms with Gasteiger partial charge in [0, 0.05) is 59.8 Å². The van der Waals surface area contributed by atoms with Gasteiger partial charge in [-0.15, -0.1) is 24.8 Å². The Morgan fingerprint density at radius 3 is 2.20 bits per heavy atom. The van der Waals surface area contributed by atoms with Crippen molar-refractivity contribution in [2.75, 3.05) is 5.73 Å². The Morgan fingerprint density at radius 1 is 1.02 bits per heavy atom. The van der Waals surface area contributed by atoms with Crippen LogP contribution in [0.2, 0.25) is 0 Å². The minimum Gasteiger partial charge on any atom is -0.507 e. The number of anilines is 1. The topological polar surface area (TPSA) is 189 Å². The van der Waals surface area contributed by atoms with Crippen LogP contribution in [0.25, 0.3) is 0 Å². The van der Waals surface area contributed by atoms with E-state index in [1.54, 1.807) is 31.2 Å². The van der Waals surface area contributed by atoms with Gasteiger partial charge >= 0.3 is 0 Å². The number of carbonyl (C=O) groups is 3. The molecule has 3 aromatic rings. The zero-order chi connectivity index (χ0) is 31.5. The van der Waals surface area contributed by atoms with Crippen molar-refractivity contribution in [1.29, 1.82) is 0 Å². The van der Waals surface area contributed by atoms with E-state index in [4.69, 9.17) is 15.2 Å². The Kier molecular flexibility index (Phi) is 10.2. The van der Waals surface area contributed by atoms with Gasteiger partial charge in [-0.1, -0.05) is 36.4 Å². The third kappa shape index (κ3) is 6.00. The number of benzene rings is 3. The maximum absolute atomic E-state index is 13.5. The second kappa shape index (κ2) is 13.3. The Balaban J connectivity index is 0.00000240. The van der Waals surface area contributed by atoms with Crippen LogP contribution in [0.15, 0.2) is 48.5 Å². The molecule has 0 radical (unpaired) electrons. The molecule has 11 nitrogen and oxygen atoms in total. The van der Waals surface area contributed by atoms with Crippen molar-refractivity contribution in [3.05, 3.63) is 87.5 Å². The van der Waals surface area contributed by atoms with Crippen molar-refractivity contribution < 1.29 is 44.3 Å². The van der Waals surface area contributed by atoms with E-state index in [0.29, 0.717) is 12.2 Å². The number of hydrogen-bond donors (Lipinski definition) is 6. The molecule has 3 aromatic carbocycles. The number of aromatic hydroxyl groups is 2. The summed E-state index contributed by atoms with van der Waals surface area (Å²) in [5.74, 6) is -3.05. The summed E-state index contributed by atoms with van der Waals surface area (Å²) in [7, 11) is 0. The molecule has 0 aromatic heterocycles. The van der Waals surface area contributed by atoms with Gasteiger partial charge in [-0.2, -0.15) is 0 Å². The van der Waals surface area contributed by atoms with E-state index in [-0.39, 0.29) is 71.0 Å². The number of nitrogen functional groups attached to an aromatic ring is 1. The fourth-order valence-electron chi connectivity index (χ4n) is 6.48. The summed E-state index contributed by atoms with van der Waals surface area (Å²) in [4.78, 5) is 39.7. The van der Waals surface area contributed by atoms with Gasteiger partial charge in [0.15, 0.2) is 23.6 Å². The van der Waals surface area contributed by atoms with Crippen molar-refractivity contribution in [2.24, 2.45) is 0 Å². The monoisotopic (exact) mass is 674 g/mol. The average molecular weight is 676 g/mol. The van der Waals surface area contributed by atoms with Gasteiger partial charge in [0.25, 0.3) is 0 Å². The van der Waals surface area contributed by atoms with Gasteiger partial charge in [0.05, 0.1) is 29.4 Å². The lowest BCUT2D eigenvalue weighted by molar-refractivity contribution is -0.249. The summed E-state index contributed by atoms with van der Waals surface area (Å²) in [6.45, 7) is 3.31. The lowest BCUT2D eigenvalue weighted by Gasteiger charge is -2.43. The van der Waals surface area contributed by atoms with Crippen LogP contribution in [0.3, 0.4) is 0 Å². The average Bonchev–Trinajstić information content (AvgIpc) is 2.99. The number of fused-ring (bicyclic) bond motifs is 3. The van der Waals surface area contributed by atoms with Crippen LogP contribution in [-0.2, 0) is 27.2 Å². The lowest BCUT2D eigenvalue weighted by Crippen LogP contribution is -2.54. The molecule has 0 saturated carbocycles. The first kappa shape index (κ1) is 35.3. The molecular formula is C33H36Cl2N2O9.